The number of hydrogen-bond donors (Lipinski definition) is 2. The second kappa shape index (κ2) is 8.11. The topological polar surface area (TPSA) is 113 Å². The lowest BCUT2D eigenvalue weighted by molar-refractivity contribution is -0.259. The number of alkyl halides is 3. The van der Waals surface area contributed by atoms with Crippen LogP contribution in [0.4, 0.5) is 19.1 Å². The van der Waals surface area contributed by atoms with Crippen LogP contribution in [0.2, 0.25) is 0 Å². The number of nitrogens with zero attached hydrogens (tertiary/aromatic N) is 4. The molecule has 8 nitrogen and oxygen atoms in total. The van der Waals surface area contributed by atoms with E-state index in [-0.39, 0.29) is 43.0 Å². The van der Waals surface area contributed by atoms with E-state index in [1.807, 2.05) is 0 Å². The van der Waals surface area contributed by atoms with Crippen molar-refractivity contribution in [2.24, 2.45) is 5.73 Å². The maximum atomic E-state index is 13.0. The van der Waals surface area contributed by atoms with Crippen LogP contribution in [0.25, 0.3) is 0 Å². The van der Waals surface area contributed by atoms with Gasteiger partial charge >= 0.3 is 6.18 Å². The minimum Gasteiger partial charge on any atom is -0.399 e. The lowest BCUT2D eigenvalue weighted by atomic mass is 9.99. The van der Waals surface area contributed by atoms with Gasteiger partial charge in [-0.1, -0.05) is 18.3 Å². The lowest BCUT2D eigenvalue weighted by Gasteiger charge is -2.39. The van der Waals surface area contributed by atoms with Gasteiger partial charge in [0.2, 0.25) is 16.0 Å². The fourth-order valence-corrected chi connectivity index (χ4v) is 5.41. The summed E-state index contributed by atoms with van der Waals surface area (Å²) in [6, 6.07) is -0.358. The van der Waals surface area contributed by atoms with E-state index in [0.717, 1.165) is 12.4 Å². The highest BCUT2D eigenvalue weighted by molar-refractivity contribution is 7.96. The predicted octanol–water partition coefficient (Wildman–Crippen LogP) is 1.59. The van der Waals surface area contributed by atoms with Gasteiger partial charge in [0.15, 0.2) is 5.60 Å². The first kappa shape index (κ1) is 23.6. The number of piperazine rings is 1. The first-order valence-electron chi connectivity index (χ1n) is 9.34. The zero-order valence-corrected chi connectivity index (χ0v) is 18.4. The second-order valence-corrected chi connectivity index (χ2v) is 9.99. The molecule has 1 aliphatic heterocycles. The highest BCUT2D eigenvalue weighted by atomic mass is 32.2. The number of anilines is 1. The van der Waals surface area contributed by atoms with Crippen LogP contribution in [0.5, 0.6) is 0 Å². The van der Waals surface area contributed by atoms with Gasteiger partial charge in [0.25, 0.3) is 0 Å². The van der Waals surface area contributed by atoms with Gasteiger partial charge in [-0.15, -0.1) is 0 Å². The zero-order valence-electron chi connectivity index (χ0n) is 16.8. The summed E-state index contributed by atoms with van der Waals surface area (Å²) in [4.78, 5) is 9.92. The molecule has 1 aliphatic carbocycles. The Hall–Kier alpha value is -2.09. The summed E-state index contributed by atoms with van der Waals surface area (Å²) >= 11 is 5.19. The number of nitrogens with two attached hydrogens (primary N) is 1. The molecule has 3 N–H and O–H groups in total. The van der Waals surface area contributed by atoms with Gasteiger partial charge in [-0.3, -0.25) is 0 Å². The Bertz CT molecular complexity index is 1040. The molecule has 0 unspecified atom stereocenters. The van der Waals surface area contributed by atoms with Crippen LogP contribution in [0.3, 0.4) is 0 Å². The molecule has 0 spiro atoms. The molecule has 2 aliphatic rings. The minimum absolute atomic E-state index is 0.0122. The standard InChI is InChI=1S/C18H22F3N5O3S2/c1-11-10-25(31(28,29)15-7-13(22)3-4-14(15)30)5-6-26(11)16-23-8-12(9-24-16)17(2,27)18(19,20)21/h3,7-9,11,27H,4-6,10,22H2,1-2H3/t11-,17-/m0/s1. The molecule has 0 bridgehead atoms. The fourth-order valence-electron chi connectivity index (χ4n) is 3.28. The van der Waals surface area contributed by atoms with Crippen molar-refractivity contribution in [3.8, 4) is 0 Å². The number of rotatable bonds is 4. The van der Waals surface area contributed by atoms with Crippen LogP contribution >= 0.6 is 12.2 Å². The normalized spacial score (nSPS) is 23.2. The van der Waals surface area contributed by atoms with Gasteiger partial charge < -0.3 is 15.7 Å². The molecular weight excluding hydrogens is 455 g/mol. The van der Waals surface area contributed by atoms with Gasteiger partial charge in [-0.2, -0.15) is 17.5 Å². The third-order valence-electron chi connectivity index (χ3n) is 5.31. The summed E-state index contributed by atoms with van der Waals surface area (Å²) in [5, 5.41) is 9.74. The Kier molecular flexibility index (Phi) is 6.17. The zero-order chi connectivity index (χ0) is 23.2. The number of aromatic nitrogens is 2. The van der Waals surface area contributed by atoms with Crippen molar-refractivity contribution in [1.82, 2.24) is 14.3 Å². The largest absolute Gasteiger partial charge is 0.421 e. The molecule has 1 aromatic rings. The minimum atomic E-state index is -4.88. The molecule has 0 amide bonds. The van der Waals surface area contributed by atoms with Crippen LogP contribution < -0.4 is 10.6 Å². The Morgan fingerprint density at radius 2 is 1.87 bits per heavy atom. The molecular formula is C18H22F3N5O3S2. The third kappa shape index (κ3) is 4.45. The van der Waals surface area contributed by atoms with E-state index >= 15 is 0 Å². The molecule has 170 valence electrons. The van der Waals surface area contributed by atoms with E-state index in [0.29, 0.717) is 17.5 Å². The third-order valence-corrected chi connectivity index (χ3v) is 7.76. The number of allylic oxidation sites excluding steroid dienone is 3. The van der Waals surface area contributed by atoms with Crippen LogP contribution in [0, 0.1) is 0 Å². The van der Waals surface area contributed by atoms with Gasteiger partial charge in [0.1, 0.15) is 0 Å². The van der Waals surface area contributed by atoms with E-state index in [2.05, 4.69) is 9.97 Å². The molecule has 13 heteroatoms. The van der Waals surface area contributed by atoms with Crippen molar-refractivity contribution in [3.63, 3.8) is 0 Å². The molecule has 1 saturated heterocycles. The number of aliphatic hydroxyl groups is 1. The van der Waals surface area contributed by atoms with Crippen LogP contribution in [0.1, 0.15) is 25.8 Å². The van der Waals surface area contributed by atoms with E-state index in [1.54, 1.807) is 17.9 Å². The monoisotopic (exact) mass is 477 g/mol. The van der Waals surface area contributed by atoms with E-state index in [4.69, 9.17) is 18.0 Å². The van der Waals surface area contributed by atoms with Crippen molar-refractivity contribution < 1.29 is 26.7 Å². The molecule has 2 heterocycles. The molecule has 1 aromatic heterocycles. The number of thiocarbonyl (C=S) groups is 1. The molecule has 1 fully saturated rings. The maximum Gasteiger partial charge on any atom is 0.421 e. The summed E-state index contributed by atoms with van der Waals surface area (Å²) in [5.74, 6) is 0.144. The Morgan fingerprint density at radius 3 is 2.42 bits per heavy atom. The molecule has 0 radical (unpaired) electrons. The Balaban J connectivity index is 1.76. The van der Waals surface area contributed by atoms with Gasteiger partial charge in [-0.25, -0.2) is 18.4 Å². The van der Waals surface area contributed by atoms with Crippen molar-refractivity contribution in [1.29, 1.82) is 0 Å². The van der Waals surface area contributed by atoms with Crippen molar-refractivity contribution in [2.75, 3.05) is 24.5 Å². The molecule has 3 rings (SSSR count). The number of sulfonamides is 1. The number of hydrogen-bond acceptors (Lipinski definition) is 8. The smallest absolute Gasteiger partial charge is 0.399 e. The van der Waals surface area contributed by atoms with E-state index in [9.17, 15) is 26.7 Å². The quantitative estimate of drug-likeness (QED) is 0.629. The number of halogens is 3. The average molecular weight is 478 g/mol. The first-order valence-corrected chi connectivity index (χ1v) is 11.2. The molecule has 31 heavy (non-hydrogen) atoms. The highest BCUT2D eigenvalue weighted by Gasteiger charge is 2.51. The molecule has 0 aromatic carbocycles. The molecule has 0 saturated carbocycles. The Labute approximate surface area is 183 Å². The van der Waals surface area contributed by atoms with Crippen LogP contribution in [-0.4, -0.2) is 64.5 Å². The van der Waals surface area contributed by atoms with E-state index < -0.39 is 27.4 Å². The van der Waals surface area contributed by atoms with Gasteiger partial charge in [-0.05, 0) is 19.9 Å². The van der Waals surface area contributed by atoms with Gasteiger partial charge in [0.05, 0.1) is 4.91 Å². The summed E-state index contributed by atoms with van der Waals surface area (Å²) in [6.45, 7) is 2.83. The summed E-state index contributed by atoms with van der Waals surface area (Å²) in [5.41, 5.74) is 2.51. The Morgan fingerprint density at radius 1 is 1.26 bits per heavy atom. The fraction of sp³-hybridized carbons (Fsp3) is 0.500. The molecule has 2 atom stereocenters. The lowest BCUT2D eigenvalue weighted by Crippen LogP contribution is -2.54. The predicted molar refractivity (Wildman–Crippen MR) is 113 cm³/mol. The van der Waals surface area contributed by atoms with Crippen LogP contribution in [0.15, 0.2) is 35.1 Å². The maximum absolute atomic E-state index is 13.0. The van der Waals surface area contributed by atoms with Crippen molar-refractivity contribution in [3.05, 3.63) is 40.7 Å². The summed E-state index contributed by atoms with van der Waals surface area (Å²) < 4.78 is 66.4. The summed E-state index contributed by atoms with van der Waals surface area (Å²) in [7, 11) is -3.84. The summed E-state index contributed by atoms with van der Waals surface area (Å²) in [6.07, 6.45) is 0.255. The van der Waals surface area contributed by atoms with Crippen molar-refractivity contribution in [2.45, 2.75) is 38.1 Å². The average Bonchev–Trinajstić information content (AvgIpc) is 2.69. The highest BCUT2D eigenvalue weighted by Crippen LogP contribution is 2.38. The SMILES string of the molecule is C[C@H]1CN(S(=O)(=O)C2=CC(N)=CCC2=S)CCN1c1ncc([C@](C)(O)C(F)(F)F)cn1. The van der Waals surface area contributed by atoms with Gasteiger partial charge in [0, 0.05) is 60.6 Å². The second-order valence-electron chi connectivity index (χ2n) is 7.59. The van der Waals surface area contributed by atoms with Crippen LogP contribution in [-0.2, 0) is 15.6 Å². The van der Waals surface area contributed by atoms with E-state index in [1.165, 1.54) is 10.4 Å². The first-order chi connectivity index (χ1) is 14.2. The van der Waals surface area contributed by atoms with Crippen molar-refractivity contribution >= 4 is 33.1 Å².